The Hall–Kier alpha value is -2.67. The number of hydrogen-bond acceptors (Lipinski definition) is 4. The molecule has 5 aliphatic rings. The lowest BCUT2D eigenvalue weighted by Crippen LogP contribution is -2.60. The molecular weight excluding hydrogens is 440 g/mol. The van der Waals surface area contributed by atoms with Gasteiger partial charge >= 0.3 is 6.03 Å². The number of piperidine rings is 3. The lowest BCUT2D eigenvalue weighted by Gasteiger charge is -2.54. The van der Waals surface area contributed by atoms with E-state index in [1.54, 1.807) is 0 Å². The molecule has 0 spiro atoms. The molecule has 4 fully saturated rings. The van der Waals surface area contributed by atoms with Crippen molar-refractivity contribution in [3.05, 3.63) is 47.5 Å². The van der Waals surface area contributed by atoms with Gasteiger partial charge in [-0.2, -0.15) is 0 Å². The lowest BCUT2D eigenvalue weighted by molar-refractivity contribution is -0.136. The molecule has 1 aromatic carbocycles. The van der Waals surface area contributed by atoms with Gasteiger partial charge in [0.15, 0.2) is 0 Å². The standard InChI is InChI=1S/C28H36N4O3/c33-25(12-11-23-27(34)32(28(35)29-23)17-19-7-2-1-3-8-19)31-14-6-9-20-15-21-16-22(26(20)31)18-30-13-5-4-10-24(21)30/h1-3,7-8,15,21-24,26H,4-6,9-14,16-18H2,(H,29,35)/t21-,22-,23-,24?,26?/m0/s1. The molecule has 0 radical (unpaired) electrons. The summed E-state index contributed by atoms with van der Waals surface area (Å²) < 4.78 is 0. The fourth-order valence-electron chi connectivity index (χ4n) is 7.35. The van der Waals surface area contributed by atoms with Crippen LogP contribution in [0.15, 0.2) is 42.0 Å². The molecule has 7 nitrogen and oxygen atoms in total. The zero-order valence-electron chi connectivity index (χ0n) is 20.4. The third kappa shape index (κ3) is 4.28. The number of imide groups is 1. The number of benzene rings is 1. The molecule has 4 aliphatic heterocycles. The van der Waals surface area contributed by atoms with Crippen LogP contribution in [0.2, 0.25) is 0 Å². The summed E-state index contributed by atoms with van der Waals surface area (Å²) in [7, 11) is 0. The molecule has 4 heterocycles. The average Bonchev–Trinajstić information content (AvgIpc) is 3.15. The first-order valence-electron chi connectivity index (χ1n) is 13.5. The molecule has 35 heavy (non-hydrogen) atoms. The number of nitrogens with zero attached hydrogens (tertiary/aromatic N) is 3. The fraction of sp³-hybridized carbons (Fsp3) is 0.607. The Morgan fingerprint density at radius 1 is 1.06 bits per heavy atom. The number of nitrogens with one attached hydrogen (secondary N) is 1. The van der Waals surface area contributed by atoms with E-state index < -0.39 is 6.04 Å². The third-order valence-electron chi connectivity index (χ3n) is 8.91. The largest absolute Gasteiger partial charge is 0.336 e. The highest BCUT2D eigenvalue weighted by Crippen LogP contribution is 2.45. The van der Waals surface area contributed by atoms with Crippen LogP contribution in [-0.2, 0) is 16.1 Å². The normalized spacial score (nSPS) is 32.6. The van der Waals surface area contributed by atoms with E-state index in [2.05, 4.69) is 21.2 Å². The second-order valence-electron chi connectivity index (χ2n) is 11.0. The number of urea groups is 1. The van der Waals surface area contributed by atoms with Crippen LogP contribution in [-0.4, -0.2) is 70.3 Å². The van der Waals surface area contributed by atoms with Gasteiger partial charge in [0, 0.05) is 25.6 Å². The minimum absolute atomic E-state index is 0.128. The van der Waals surface area contributed by atoms with Crippen molar-refractivity contribution in [3.8, 4) is 0 Å². The first kappa shape index (κ1) is 22.8. The highest BCUT2D eigenvalue weighted by molar-refractivity contribution is 6.04. The van der Waals surface area contributed by atoms with Crippen LogP contribution < -0.4 is 5.32 Å². The molecule has 2 bridgehead atoms. The van der Waals surface area contributed by atoms with E-state index in [1.165, 1.54) is 42.7 Å². The highest BCUT2D eigenvalue weighted by atomic mass is 16.2. The summed E-state index contributed by atoms with van der Waals surface area (Å²) in [6.45, 7) is 3.37. The zero-order valence-corrected chi connectivity index (χ0v) is 20.4. The van der Waals surface area contributed by atoms with Crippen LogP contribution in [0.1, 0.15) is 56.9 Å². The van der Waals surface area contributed by atoms with Gasteiger partial charge in [-0.25, -0.2) is 4.79 Å². The SMILES string of the molecule is O=C1N[C@@H](CCC(=O)N2CCCC3=C[C@H]4C[C@@H](CN5CCCCC45)C32)C(=O)N1Cc1ccccc1. The van der Waals surface area contributed by atoms with E-state index in [1.807, 2.05) is 30.3 Å². The summed E-state index contributed by atoms with van der Waals surface area (Å²) in [5, 5.41) is 2.80. The van der Waals surface area contributed by atoms with Crippen LogP contribution in [0.4, 0.5) is 4.79 Å². The van der Waals surface area contributed by atoms with Gasteiger partial charge in [-0.05, 0) is 62.5 Å². The molecular formula is C28H36N4O3. The first-order valence-corrected chi connectivity index (χ1v) is 13.5. The molecule has 5 atom stereocenters. The van der Waals surface area contributed by atoms with Crippen LogP contribution in [0.5, 0.6) is 0 Å². The summed E-state index contributed by atoms with van der Waals surface area (Å²) in [6.07, 6.45) is 10.5. The van der Waals surface area contributed by atoms with E-state index >= 15 is 0 Å². The average molecular weight is 477 g/mol. The zero-order chi connectivity index (χ0) is 23.9. The van der Waals surface area contributed by atoms with Crippen molar-refractivity contribution in [1.82, 2.24) is 20.0 Å². The highest BCUT2D eigenvalue weighted by Gasteiger charge is 2.47. The predicted octanol–water partition coefficient (Wildman–Crippen LogP) is 3.31. The number of carbonyl (C=O) groups is 3. The van der Waals surface area contributed by atoms with E-state index in [0.29, 0.717) is 30.7 Å². The molecule has 4 saturated heterocycles. The number of amides is 4. The van der Waals surface area contributed by atoms with Gasteiger partial charge in [-0.1, -0.05) is 48.4 Å². The molecule has 4 amide bonds. The van der Waals surface area contributed by atoms with Gasteiger partial charge in [-0.15, -0.1) is 0 Å². The van der Waals surface area contributed by atoms with Crippen molar-refractivity contribution >= 4 is 17.8 Å². The third-order valence-corrected chi connectivity index (χ3v) is 8.91. The molecule has 7 heteroatoms. The number of rotatable bonds is 5. The maximum absolute atomic E-state index is 13.5. The van der Waals surface area contributed by atoms with Crippen LogP contribution in [0.3, 0.4) is 0 Å². The van der Waals surface area contributed by atoms with E-state index in [0.717, 1.165) is 31.5 Å². The Morgan fingerprint density at radius 3 is 2.77 bits per heavy atom. The van der Waals surface area contributed by atoms with Crippen LogP contribution in [0.25, 0.3) is 0 Å². The molecule has 0 aromatic heterocycles. The summed E-state index contributed by atoms with van der Waals surface area (Å²) in [5.74, 6) is 1.07. The van der Waals surface area contributed by atoms with Crippen molar-refractivity contribution in [3.63, 3.8) is 0 Å². The predicted molar refractivity (Wildman–Crippen MR) is 132 cm³/mol. The molecule has 2 unspecified atom stereocenters. The molecule has 186 valence electrons. The fourth-order valence-corrected chi connectivity index (χ4v) is 7.35. The van der Waals surface area contributed by atoms with Crippen molar-refractivity contribution in [2.24, 2.45) is 11.8 Å². The van der Waals surface area contributed by atoms with E-state index in [-0.39, 0.29) is 30.4 Å². The van der Waals surface area contributed by atoms with Gasteiger partial charge in [-0.3, -0.25) is 19.4 Å². The van der Waals surface area contributed by atoms with Crippen molar-refractivity contribution in [2.75, 3.05) is 19.6 Å². The van der Waals surface area contributed by atoms with Gasteiger partial charge in [0.05, 0.1) is 12.6 Å². The molecule has 0 saturated carbocycles. The number of fused-ring (bicyclic) bond motifs is 6. The van der Waals surface area contributed by atoms with Gasteiger partial charge in [0.25, 0.3) is 5.91 Å². The minimum Gasteiger partial charge on any atom is -0.336 e. The second kappa shape index (κ2) is 9.41. The Kier molecular flexibility index (Phi) is 6.13. The maximum atomic E-state index is 13.5. The molecule has 1 aromatic rings. The molecule has 6 rings (SSSR count). The number of hydrogen-bond donors (Lipinski definition) is 1. The number of carbonyl (C=O) groups excluding carboxylic acids is 3. The van der Waals surface area contributed by atoms with Gasteiger partial charge < -0.3 is 10.2 Å². The first-order chi connectivity index (χ1) is 17.1. The van der Waals surface area contributed by atoms with Gasteiger partial charge in [0.2, 0.25) is 5.91 Å². The monoisotopic (exact) mass is 476 g/mol. The molecule has 1 aliphatic carbocycles. The minimum atomic E-state index is -0.616. The maximum Gasteiger partial charge on any atom is 0.325 e. The Labute approximate surface area is 207 Å². The van der Waals surface area contributed by atoms with E-state index in [9.17, 15) is 14.4 Å². The smallest absolute Gasteiger partial charge is 0.325 e. The quantitative estimate of drug-likeness (QED) is 0.523. The summed E-state index contributed by atoms with van der Waals surface area (Å²) in [4.78, 5) is 44.9. The van der Waals surface area contributed by atoms with Crippen LogP contribution in [0, 0.1) is 11.8 Å². The van der Waals surface area contributed by atoms with Crippen molar-refractivity contribution in [2.45, 2.75) is 76.0 Å². The number of likely N-dealkylation sites (tertiary alicyclic amines) is 1. The Balaban J connectivity index is 1.10. The summed E-state index contributed by atoms with van der Waals surface area (Å²) in [6, 6.07) is 9.47. The van der Waals surface area contributed by atoms with Crippen molar-refractivity contribution < 1.29 is 14.4 Å². The van der Waals surface area contributed by atoms with Crippen molar-refractivity contribution in [1.29, 1.82) is 0 Å². The second-order valence-corrected chi connectivity index (χ2v) is 11.0. The van der Waals surface area contributed by atoms with Gasteiger partial charge in [0.1, 0.15) is 6.04 Å². The Bertz CT molecular complexity index is 1020. The Morgan fingerprint density at radius 2 is 1.91 bits per heavy atom. The molecule has 1 N–H and O–H groups in total. The summed E-state index contributed by atoms with van der Waals surface area (Å²) >= 11 is 0. The van der Waals surface area contributed by atoms with E-state index in [4.69, 9.17) is 0 Å². The van der Waals surface area contributed by atoms with Crippen LogP contribution >= 0.6 is 0 Å². The lowest BCUT2D eigenvalue weighted by atomic mass is 9.68. The summed E-state index contributed by atoms with van der Waals surface area (Å²) in [5.41, 5.74) is 2.40. The topological polar surface area (TPSA) is 73.0 Å².